The second-order valence-electron chi connectivity index (χ2n) is 4.77. The van der Waals surface area contributed by atoms with Crippen molar-refractivity contribution in [1.82, 2.24) is 0 Å². The van der Waals surface area contributed by atoms with Gasteiger partial charge in [0.25, 0.3) is 0 Å². The lowest BCUT2D eigenvalue weighted by Gasteiger charge is -2.02. The number of allylic oxidation sites excluding steroid dienone is 1. The largest absolute Gasteiger partial charge is 0.497 e. The van der Waals surface area contributed by atoms with Crippen molar-refractivity contribution in [1.29, 1.82) is 0 Å². The Morgan fingerprint density at radius 3 is 2.36 bits per heavy atom. The number of halogens is 1. The summed E-state index contributed by atoms with van der Waals surface area (Å²) in [5, 5.41) is 0. The minimum atomic E-state index is -0.404. The normalized spacial score (nSPS) is 15.6. The molecule has 1 heterocycles. The molecule has 0 atom stereocenters. The van der Waals surface area contributed by atoms with Gasteiger partial charge >= 0.3 is 5.97 Å². The summed E-state index contributed by atoms with van der Waals surface area (Å²) in [7, 11) is 1.58. The molecule has 0 bridgehead atoms. The van der Waals surface area contributed by atoms with Gasteiger partial charge in [-0.05, 0) is 47.5 Å². The summed E-state index contributed by atoms with van der Waals surface area (Å²) >= 11 is 0. The molecule has 1 aliphatic heterocycles. The van der Waals surface area contributed by atoms with Crippen LogP contribution >= 0.6 is 0 Å². The van der Waals surface area contributed by atoms with Crippen LogP contribution in [0, 0.1) is 5.82 Å². The Bertz CT molecular complexity index is 756. The number of rotatable bonds is 3. The number of ether oxygens (including phenoxy) is 2. The number of methoxy groups -OCH3 is 1. The van der Waals surface area contributed by atoms with Crippen LogP contribution in [0.5, 0.6) is 5.75 Å². The van der Waals surface area contributed by atoms with Crippen LogP contribution in [0.2, 0.25) is 0 Å². The molecule has 4 heteroatoms. The van der Waals surface area contributed by atoms with Gasteiger partial charge in [-0.1, -0.05) is 24.3 Å². The Labute approximate surface area is 127 Å². The van der Waals surface area contributed by atoms with Gasteiger partial charge in [0.1, 0.15) is 17.3 Å². The molecule has 0 spiro atoms. The summed E-state index contributed by atoms with van der Waals surface area (Å²) in [6.45, 7) is 0. The SMILES string of the molecule is COc1ccc(C2=C/C(=C/c3ccc(F)cc3)OC2=O)cc1. The topological polar surface area (TPSA) is 35.5 Å². The highest BCUT2D eigenvalue weighted by atomic mass is 19.1. The third-order valence-electron chi connectivity index (χ3n) is 3.30. The summed E-state index contributed by atoms with van der Waals surface area (Å²) in [4.78, 5) is 12.0. The van der Waals surface area contributed by atoms with Gasteiger partial charge in [-0.15, -0.1) is 0 Å². The Kier molecular flexibility index (Phi) is 3.74. The number of benzene rings is 2. The molecule has 0 N–H and O–H groups in total. The van der Waals surface area contributed by atoms with Crippen molar-refractivity contribution >= 4 is 17.6 Å². The summed E-state index contributed by atoms with van der Waals surface area (Å²) in [5.74, 6) is 0.443. The van der Waals surface area contributed by atoms with Crippen LogP contribution < -0.4 is 4.74 Å². The Morgan fingerprint density at radius 1 is 1.05 bits per heavy atom. The number of cyclic esters (lactones) is 1. The quantitative estimate of drug-likeness (QED) is 0.808. The van der Waals surface area contributed by atoms with Crippen molar-refractivity contribution in [3.8, 4) is 5.75 Å². The molecule has 22 heavy (non-hydrogen) atoms. The van der Waals surface area contributed by atoms with Crippen molar-refractivity contribution in [2.75, 3.05) is 7.11 Å². The van der Waals surface area contributed by atoms with Crippen LogP contribution in [0.15, 0.2) is 60.4 Å². The molecule has 110 valence electrons. The molecule has 2 aromatic carbocycles. The van der Waals surface area contributed by atoms with E-state index in [-0.39, 0.29) is 5.82 Å². The summed E-state index contributed by atoms with van der Waals surface area (Å²) in [6.07, 6.45) is 3.36. The molecule has 0 radical (unpaired) electrons. The molecule has 1 aliphatic rings. The highest BCUT2D eigenvalue weighted by Crippen LogP contribution is 2.28. The average Bonchev–Trinajstić information content (AvgIpc) is 2.90. The minimum absolute atomic E-state index is 0.306. The van der Waals surface area contributed by atoms with Crippen molar-refractivity contribution in [3.63, 3.8) is 0 Å². The number of carbonyl (C=O) groups is 1. The zero-order chi connectivity index (χ0) is 15.5. The first kappa shape index (κ1) is 14.1. The van der Waals surface area contributed by atoms with Crippen molar-refractivity contribution in [3.05, 3.63) is 77.3 Å². The number of hydrogen-bond donors (Lipinski definition) is 0. The van der Waals surface area contributed by atoms with Crippen LogP contribution in [0.4, 0.5) is 4.39 Å². The lowest BCUT2D eigenvalue weighted by Crippen LogP contribution is -1.98. The zero-order valence-electron chi connectivity index (χ0n) is 11.9. The Hall–Kier alpha value is -2.88. The van der Waals surface area contributed by atoms with Crippen LogP contribution in [0.3, 0.4) is 0 Å². The van der Waals surface area contributed by atoms with E-state index in [4.69, 9.17) is 9.47 Å². The minimum Gasteiger partial charge on any atom is -0.497 e. The highest BCUT2D eigenvalue weighted by Gasteiger charge is 2.22. The molecule has 0 aromatic heterocycles. The molecular weight excluding hydrogens is 283 g/mol. The molecular formula is C18H13FO3. The molecule has 0 saturated heterocycles. The number of carbonyl (C=O) groups excluding carboxylic acids is 1. The molecule has 0 amide bonds. The monoisotopic (exact) mass is 296 g/mol. The fourth-order valence-corrected chi connectivity index (χ4v) is 2.16. The lowest BCUT2D eigenvalue weighted by molar-refractivity contribution is -0.131. The second-order valence-corrected chi connectivity index (χ2v) is 4.77. The van der Waals surface area contributed by atoms with Gasteiger partial charge in [0.15, 0.2) is 0 Å². The predicted octanol–water partition coefficient (Wildman–Crippen LogP) is 3.82. The average molecular weight is 296 g/mol. The zero-order valence-corrected chi connectivity index (χ0v) is 11.9. The van der Waals surface area contributed by atoms with Crippen LogP contribution in [0.25, 0.3) is 11.6 Å². The van der Waals surface area contributed by atoms with Gasteiger partial charge < -0.3 is 9.47 Å². The van der Waals surface area contributed by atoms with Crippen molar-refractivity contribution in [2.45, 2.75) is 0 Å². The van der Waals surface area contributed by atoms with Crippen molar-refractivity contribution < 1.29 is 18.7 Å². The van der Waals surface area contributed by atoms with E-state index in [2.05, 4.69) is 0 Å². The van der Waals surface area contributed by atoms with Crippen LogP contribution in [-0.4, -0.2) is 13.1 Å². The summed E-state index contributed by atoms with van der Waals surface area (Å²) < 4.78 is 23.2. The molecule has 3 rings (SSSR count). The van der Waals surface area contributed by atoms with Crippen molar-refractivity contribution in [2.24, 2.45) is 0 Å². The van der Waals surface area contributed by atoms with E-state index in [1.165, 1.54) is 12.1 Å². The van der Waals surface area contributed by atoms with Crippen LogP contribution in [-0.2, 0) is 9.53 Å². The predicted molar refractivity (Wildman–Crippen MR) is 81.4 cm³/mol. The van der Waals surface area contributed by atoms with Gasteiger partial charge in [-0.3, -0.25) is 0 Å². The molecule has 0 fully saturated rings. The Balaban J connectivity index is 1.88. The fraction of sp³-hybridized carbons (Fsp3) is 0.0556. The maximum atomic E-state index is 12.9. The molecule has 0 unspecified atom stereocenters. The molecule has 3 nitrogen and oxygen atoms in total. The third kappa shape index (κ3) is 2.91. The van der Waals surface area contributed by atoms with Gasteiger partial charge in [0, 0.05) is 0 Å². The maximum Gasteiger partial charge on any atom is 0.344 e. The van der Waals surface area contributed by atoms with E-state index in [0.717, 1.165) is 16.9 Å². The first-order valence-electron chi connectivity index (χ1n) is 6.71. The summed E-state index contributed by atoms with van der Waals surface area (Å²) in [6, 6.07) is 13.1. The number of esters is 1. The van der Waals surface area contributed by atoms with Gasteiger partial charge in [-0.2, -0.15) is 0 Å². The van der Waals surface area contributed by atoms with E-state index >= 15 is 0 Å². The first-order valence-corrected chi connectivity index (χ1v) is 6.71. The number of hydrogen-bond acceptors (Lipinski definition) is 3. The van der Waals surface area contributed by atoms with Gasteiger partial charge in [-0.25, -0.2) is 9.18 Å². The standard InChI is InChI=1S/C18H13FO3/c1-21-15-8-4-13(5-9-15)17-11-16(22-18(17)20)10-12-2-6-14(19)7-3-12/h2-11H,1H3/b16-10-. The smallest absolute Gasteiger partial charge is 0.344 e. The van der Waals surface area contributed by atoms with Crippen LogP contribution in [0.1, 0.15) is 11.1 Å². The van der Waals surface area contributed by atoms with E-state index in [1.54, 1.807) is 55.7 Å². The van der Waals surface area contributed by atoms with Gasteiger partial charge in [0.05, 0.1) is 12.7 Å². The lowest BCUT2D eigenvalue weighted by atomic mass is 10.1. The van der Waals surface area contributed by atoms with E-state index < -0.39 is 5.97 Å². The molecule has 0 saturated carbocycles. The fourth-order valence-electron chi connectivity index (χ4n) is 2.16. The molecule has 0 aliphatic carbocycles. The van der Waals surface area contributed by atoms with E-state index in [0.29, 0.717) is 11.3 Å². The van der Waals surface area contributed by atoms with E-state index in [1.807, 2.05) is 0 Å². The third-order valence-corrected chi connectivity index (χ3v) is 3.30. The van der Waals surface area contributed by atoms with E-state index in [9.17, 15) is 9.18 Å². The maximum absolute atomic E-state index is 12.9. The first-order chi connectivity index (χ1) is 10.7. The van der Waals surface area contributed by atoms with Gasteiger partial charge in [0.2, 0.25) is 0 Å². The molecule has 2 aromatic rings. The summed E-state index contributed by atoms with van der Waals surface area (Å²) in [5.41, 5.74) is 2.00. The second kappa shape index (κ2) is 5.85. The highest BCUT2D eigenvalue weighted by molar-refractivity contribution is 6.19. The Morgan fingerprint density at radius 2 is 1.73 bits per heavy atom.